The van der Waals surface area contributed by atoms with Crippen molar-refractivity contribution in [2.24, 2.45) is 0 Å². The van der Waals surface area contributed by atoms with Gasteiger partial charge in [0.05, 0.1) is 19.4 Å². The van der Waals surface area contributed by atoms with Gasteiger partial charge in [0.15, 0.2) is 5.06 Å². The largest absolute Gasteiger partial charge is 0.489 e. The number of rotatable bonds is 9. The predicted octanol–water partition coefficient (Wildman–Crippen LogP) is 5.48. The number of ether oxygens (including phenoxy) is 2. The fourth-order valence-electron chi connectivity index (χ4n) is 4.24. The van der Waals surface area contributed by atoms with Crippen LogP contribution in [0.4, 0.5) is 0 Å². The molecule has 2 heterocycles. The van der Waals surface area contributed by atoms with Gasteiger partial charge in [-0.3, -0.25) is 9.69 Å². The van der Waals surface area contributed by atoms with E-state index in [1.165, 1.54) is 16.0 Å². The lowest BCUT2D eigenvalue weighted by molar-refractivity contribution is -0.137. The van der Waals surface area contributed by atoms with E-state index in [0.29, 0.717) is 6.61 Å². The Labute approximate surface area is 205 Å². The normalized spacial score (nSPS) is 13.9. The molecule has 0 saturated carbocycles. The summed E-state index contributed by atoms with van der Waals surface area (Å²) < 4.78 is 11.4. The highest BCUT2D eigenvalue weighted by molar-refractivity contribution is 7.14. The van der Waals surface area contributed by atoms with Crippen molar-refractivity contribution in [3.8, 4) is 22.7 Å². The number of nitrogens with zero attached hydrogens (tertiary/aromatic N) is 1. The fourth-order valence-corrected chi connectivity index (χ4v) is 5.22. The molecule has 0 amide bonds. The van der Waals surface area contributed by atoms with Crippen molar-refractivity contribution in [2.75, 3.05) is 13.7 Å². The molecule has 0 bridgehead atoms. The summed E-state index contributed by atoms with van der Waals surface area (Å²) in [5.41, 5.74) is 4.67. The maximum Gasteiger partial charge on any atom is 0.304 e. The third kappa shape index (κ3) is 6.19. The van der Waals surface area contributed by atoms with Gasteiger partial charge in [0.1, 0.15) is 12.4 Å². The minimum Gasteiger partial charge on any atom is -0.489 e. The molecule has 0 radical (unpaired) electrons. The number of hydrogen-bond acceptors (Lipinski definition) is 5. The molecule has 176 valence electrons. The lowest BCUT2D eigenvalue weighted by Crippen LogP contribution is -2.29. The Balaban J connectivity index is 1.34. The molecule has 6 heteroatoms. The summed E-state index contributed by atoms with van der Waals surface area (Å²) in [6, 6.07) is 18.3. The van der Waals surface area contributed by atoms with Crippen LogP contribution in [0.25, 0.3) is 0 Å². The van der Waals surface area contributed by atoms with Crippen LogP contribution in [0.15, 0.2) is 54.6 Å². The Hall–Kier alpha value is -3.27. The molecule has 1 aliphatic rings. The summed E-state index contributed by atoms with van der Waals surface area (Å²) in [5.74, 6) is 5.39. The zero-order chi connectivity index (χ0) is 23.9. The molecule has 0 fully saturated rings. The lowest BCUT2D eigenvalue weighted by Gasteiger charge is -2.26. The molecule has 4 rings (SSSR count). The smallest absolute Gasteiger partial charge is 0.304 e. The number of thiophene rings is 1. The first-order valence-electron chi connectivity index (χ1n) is 11.4. The lowest BCUT2D eigenvalue weighted by atomic mass is 9.96. The second-order valence-electron chi connectivity index (χ2n) is 8.40. The number of aliphatic carboxylic acids is 1. The summed E-state index contributed by atoms with van der Waals surface area (Å²) in [7, 11) is 1.73. The van der Waals surface area contributed by atoms with Gasteiger partial charge in [-0.05, 0) is 53.8 Å². The number of benzene rings is 2. The predicted molar refractivity (Wildman–Crippen MR) is 134 cm³/mol. The highest BCUT2D eigenvalue weighted by Crippen LogP contribution is 2.33. The Morgan fingerprint density at radius 2 is 1.97 bits per heavy atom. The SMILES string of the molecule is CC#C[C@@H](CC(=O)O)c1ccc(OCc2cccc(CN3CCc4sc(OC)cc4C3)c2)cc1. The molecule has 1 aliphatic heterocycles. The average Bonchev–Trinajstić information content (AvgIpc) is 3.25. The van der Waals surface area contributed by atoms with Crippen LogP contribution >= 0.6 is 11.3 Å². The fraction of sp³-hybridized carbons (Fsp3) is 0.321. The number of carbonyl (C=O) groups is 1. The van der Waals surface area contributed by atoms with E-state index in [4.69, 9.17) is 14.6 Å². The maximum atomic E-state index is 11.1. The van der Waals surface area contributed by atoms with Crippen molar-refractivity contribution in [1.29, 1.82) is 0 Å². The molecule has 0 saturated heterocycles. The molecule has 2 aromatic carbocycles. The summed E-state index contributed by atoms with van der Waals surface area (Å²) in [6.07, 6.45) is 1.06. The second kappa shape index (κ2) is 11.2. The standard InChI is InChI=1S/C28H29NO4S/c1-3-5-23(15-27(30)31)22-8-10-25(11-9-22)33-19-21-7-4-6-20(14-21)17-29-13-12-26-24(18-29)16-28(32-2)34-26/h4,6-11,14,16,23H,12-13,15,17-19H2,1-2H3,(H,30,31)/t23-/m0/s1. The van der Waals surface area contributed by atoms with E-state index >= 15 is 0 Å². The molecule has 3 aromatic rings. The number of carboxylic acid groups (broad SMARTS) is 1. The van der Waals surface area contributed by atoms with Crippen LogP contribution in [-0.4, -0.2) is 29.6 Å². The van der Waals surface area contributed by atoms with Gasteiger partial charge in [-0.25, -0.2) is 0 Å². The van der Waals surface area contributed by atoms with Crippen LogP contribution in [-0.2, 0) is 30.9 Å². The van der Waals surface area contributed by atoms with E-state index in [1.54, 1.807) is 25.4 Å². The van der Waals surface area contributed by atoms with Gasteiger partial charge < -0.3 is 14.6 Å². The third-order valence-electron chi connectivity index (χ3n) is 5.91. The molecule has 0 spiro atoms. The average molecular weight is 476 g/mol. The first-order chi connectivity index (χ1) is 16.5. The molecule has 1 atom stereocenters. The number of hydrogen-bond donors (Lipinski definition) is 1. The monoisotopic (exact) mass is 475 g/mol. The van der Waals surface area contributed by atoms with Crippen LogP contribution in [0.1, 0.15) is 46.4 Å². The van der Waals surface area contributed by atoms with Gasteiger partial charge in [0.2, 0.25) is 0 Å². The molecular formula is C28H29NO4S. The van der Waals surface area contributed by atoms with Crippen LogP contribution in [0.3, 0.4) is 0 Å². The zero-order valence-electron chi connectivity index (χ0n) is 19.5. The molecule has 1 N–H and O–H groups in total. The van der Waals surface area contributed by atoms with E-state index in [1.807, 2.05) is 24.3 Å². The third-order valence-corrected chi connectivity index (χ3v) is 7.11. The minimum atomic E-state index is -0.854. The van der Waals surface area contributed by atoms with E-state index in [2.05, 4.69) is 47.1 Å². The van der Waals surface area contributed by atoms with Crippen LogP contribution < -0.4 is 9.47 Å². The summed E-state index contributed by atoms with van der Waals surface area (Å²) in [5, 5.41) is 10.1. The maximum absolute atomic E-state index is 11.1. The van der Waals surface area contributed by atoms with Crippen LogP contribution in [0, 0.1) is 11.8 Å². The van der Waals surface area contributed by atoms with Gasteiger partial charge in [0, 0.05) is 24.5 Å². The van der Waals surface area contributed by atoms with Gasteiger partial charge in [-0.2, -0.15) is 0 Å². The first kappa shape index (κ1) is 23.9. The van der Waals surface area contributed by atoms with E-state index < -0.39 is 5.97 Å². The molecule has 34 heavy (non-hydrogen) atoms. The summed E-state index contributed by atoms with van der Waals surface area (Å²) >= 11 is 1.76. The van der Waals surface area contributed by atoms with Crippen molar-refractivity contribution in [3.63, 3.8) is 0 Å². The van der Waals surface area contributed by atoms with Crippen molar-refractivity contribution in [2.45, 2.75) is 45.4 Å². The zero-order valence-corrected chi connectivity index (χ0v) is 20.4. The molecule has 5 nitrogen and oxygen atoms in total. The van der Waals surface area contributed by atoms with Crippen molar-refractivity contribution < 1.29 is 19.4 Å². The summed E-state index contributed by atoms with van der Waals surface area (Å²) in [6.45, 7) is 5.11. The molecule has 1 aromatic heterocycles. The highest BCUT2D eigenvalue weighted by atomic mass is 32.1. The van der Waals surface area contributed by atoms with Gasteiger partial charge in [0.25, 0.3) is 0 Å². The highest BCUT2D eigenvalue weighted by Gasteiger charge is 2.19. The molecule has 0 aliphatic carbocycles. The quantitative estimate of drug-likeness (QED) is 0.416. The topological polar surface area (TPSA) is 59.0 Å². The first-order valence-corrected chi connectivity index (χ1v) is 12.2. The Bertz CT molecular complexity index is 1190. The van der Waals surface area contributed by atoms with Gasteiger partial charge >= 0.3 is 5.97 Å². The Morgan fingerprint density at radius 1 is 1.18 bits per heavy atom. The second-order valence-corrected chi connectivity index (χ2v) is 9.50. The van der Waals surface area contributed by atoms with Crippen molar-refractivity contribution >= 4 is 17.3 Å². The van der Waals surface area contributed by atoms with Crippen molar-refractivity contribution in [1.82, 2.24) is 4.90 Å². The molecular weight excluding hydrogens is 446 g/mol. The van der Waals surface area contributed by atoms with Gasteiger partial charge in [-0.1, -0.05) is 42.3 Å². The minimum absolute atomic E-state index is 0.00782. The van der Waals surface area contributed by atoms with Crippen molar-refractivity contribution in [3.05, 3.63) is 81.7 Å². The van der Waals surface area contributed by atoms with Crippen LogP contribution in [0.5, 0.6) is 10.8 Å². The Kier molecular flexibility index (Phi) is 7.89. The van der Waals surface area contributed by atoms with E-state index in [9.17, 15) is 4.79 Å². The van der Waals surface area contributed by atoms with E-state index in [0.717, 1.165) is 48.0 Å². The van der Waals surface area contributed by atoms with Crippen LogP contribution in [0.2, 0.25) is 0 Å². The summed E-state index contributed by atoms with van der Waals surface area (Å²) in [4.78, 5) is 15.0. The number of methoxy groups -OCH3 is 1. The number of fused-ring (bicyclic) bond motifs is 1. The Morgan fingerprint density at radius 3 is 2.71 bits per heavy atom. The van der Waals surface area contributed by atoms with E-state index in [-0.39, 0.29) is 12.3 Å². The van der Waals surface area contributed by atoms with Gasteiger partial charge in [-0.15, -0.1) is 17.3 Å². The number of carboxylic acids is 1. The molecule has 0 unspecified atom stereocenters.